The number of morpholine rings is 1. The van der Waals surface area contributed by atoms with E-state index in [0.717, 1.165) is 11.1 Å². The lowest BCUT2D eigenvalue weighted by Gasteiger charge is -2.26. The highest BCUT2D eigenvalue weighted by Crippen LogP contribution is 2.27. The third-order valence-corrected chi connectivity index (χ3v) is 8.76. The van der Waals surface area contributed by atoms with Crippen molar-refractivity contribution >= 4 is 37.8 Å². The topological polar surface area (TPSA) is 93.2 Å². The number of rotatable bonds is 9. The number of carbonyl (C=O) groups excluding carboxylic acids is 2. The molecule has 4 rings (SSSR count). The van der Waals surface area contributed by atoms with Crippen LogP contribution < -0.4 is 0 Å². The predicted molar refractivity (Wildman–Crippen MR) is 141 cm³/mol. The van der Waals surface area contributed by atoms with Crippen molar-refractivity contribution in [3.8, 4) is 0 Å². The molecule has 1 aliphatic rings. The van der Waals surface area contributed by atoms with Crippen LogP contribution in [0.1, 0.15) is 21.5 Å². The Labute approximate surface area is 225 Å². The fraction of sp³-hybridized carbons (Fsp3) is 0.259. The van der Waals surface area contributed by atoms with Gasteiger partial charge in [0.05, 0.1) is 23.7 Å². The first-order valence-corrected chi connectivity index (χ1v) is 14.0. The SMILES string of the molecule is O=C(OCC(=O)N(Cc1ccccc1)Cc1ccccc1)c1ccc(Br)c(S(=O)(=O)N2CCOCC2)c1. The van der Waals surface area contributed by atoms with Gasteiger partial charge in [-0.3, -0.25) is 4.79 Å². The third-order valence-electron chi connectivity index (χ3n) is 5.87. The van der Waals surface area contributed by atoms with Gasteiger partial charge in [0.1, 0.15) is 0 Å². The molecule has 0 atom stereocenters. The van der Waals surface area contributed by atoms with Crippen molar-refractivity contribution in [3.05, 3.63) is 100 Å². The highest BCUT2D eigenvalue weighted by atomic mass is 79.9. The zero-order chi connectivity index (χ0) is 26.3. The van der Waals surface area contributed by atoms with Gasteiger partial charge >= 0.3 is 5.97 Å². The van der Waals surface area contributed by atoms with Gasteiger partial charge in [-0.25, -0.2) is 13.2 Å². The molecule has 37 heavy (non-hydrogen) atoms. The molecule has 1 fully saturated rings. The van der Waals surface area contributed by atoms with E-state index in [1.807, 2.05) is 60.7 Å². The maximum Gasteiger partial charge on any atom is 0.338 e. The number of amides is 1. The van der Waals surface area contributed by atoms with Gasteiger partial charge in [-0.1, -0.05) is 60.7 Å². The van der Waals surface area contributed by atoms with Crippen LogP contribution in [0.25, 0.3) is 0 Å². The summed E-state index contributed by atoms with van der Waals surface area (Å²) in [6.45, 7) is 1.32. The maximum atomic E-state index is 13.1. The first kappa shape index (κ1) is 27.0. The average Bonchev–Trinajstić information content (AvgIpc) is 2.93. The quantitative estimate of drug-likeness (QED) is 0.353. The second-order valence-corrected chi connectivity index (χ2v) is 11.2. The molecular weight excluding hydrogens is 560 g/mol. The number of nitrogens with zero attached hydrogens (tertiary/aromatic N) is 2. The minimum Gasteiger partial charge on any atom is -0.452 e. The van der Waals surface area contributed by atoms with Gasteiger partial charge in [-0.15, -0.1) is 0 Å². The molecule has 10 heteroatoms. The number of hydrogen-bond donors (Lipinski definition) is 0. The van der Waals surface area contributed by atoms with Crippen molar-refractivity contribution in [2.75, 3.05) is 32.9 Å². The van der Waals surface area contributed by atoms with E-state index in [0.29, 0.717) is 30.8 Å². The van der Waals surface area contributed by atoms with E-state index in [1.54, 1.807) is 4.90 Å². The molecule has 1 aliphatic heterocycles. The number of ether oxygens (including phenoxy) is 2. The molecule has 1 heterocycles. The normalized spacial score (nSPS) is 14.2. The third kappa shape index (κ3) is 7.04. The van der Waals surface area contributed by atoms with E-state index in [9.17, 15) is 18.0 Å². The summed E-state index contributed by atoms with van der Waals surface area (Å²) in [6, 6.07) is 23.3. The number of halogens is 1. The van der Waals surface area contributed by atoms with Crippen LogP contribution in [0, 0.1) is 0 Å². The summed E-state index contributed by atoms with van der Waals surface area (Å²) < 4.78 is 38.5. The molecule has 1 saturated heterocycles. The highest BCUT2D eigenvalue weighted by Gasteiger charge is 2.29. The molecule has 0 saturated carbocycles. The average molecular weight is 587 g/mol. The first-order chi connectivity index (χ1) is 17.8. The van der Waals surface area contributed by atoms with E-state index in [2.05, 4.69) is 15.9 Å². The Hall–Kier alpha value is -3.05. The second kappa shape index (κ2) is 12.5. The zero-order valence-electron chi connectivity index (χ0n) is 20.1. The molecule has 0 spiro atoms. The molecule has 0 aliphatic carbocycles. The predicted octanol–water partition coefficient (Wildman–Crippen LogP) is 3.86. The zero-order valence-corrected chi connectivity index (χ0v) is 22.5. The highest BCUT2D eigenvalue weighted by molar-refractivity contribution is 9.10. The van der Waals surface area contributed by atoms with E-state index in [1.165, 1.54) is 22.5 Å². The van der Waals surface area contributed by atoms with Crippen LogP contribution in [0.5, 0.6) is 0 Å². The number of carbonyl (C=O) groups is 2. The van der Waals surface area contributed by atoms with Crippen LogP contribution in [0.4, 0.5) is 0 Å². The van der Waals surface area contributed by atoms with Crippen LogP contribution in [-0.4, -0.2) is 62.4 Å². The van der Waals surface area contributed by atoms with Crippen LogP contribution in [0.3, 0.4) is 0 Å². The Morgan fingerprint density at radius 1 is 0.892 bits per heavy atom. The van der Waals surface area contributed by atoms with E-state index < -0.39 is 22.6 Å². The van der Waals surface area contributed by atoms with Crippen molar-refractivity contribution in [2.24, 2.45) is 0 Å². The van der Waals surface area contributed by atoms with Gasteiger partial charge in [0.25, 0.3) is 5.91 Å². The Morgan fingerprint density at radius 2 is 1.46 bits per heavy atom. The summed E-state index contributed by atoms with van der Waals surface area (Å²) in [5, 5.41) is 0. The molecule has 0 unspecified atom stereocenters. The molecule has 3 aromatic rings. The maximum absolute atomic E-state index is 13.1. The fourth-order valence-electron chi connectivity index (χ4n) is 3.90. The van der Waals surface area contributed by atoms with E-state index >= 15 is 0 Å². The monoisotopic (exact) mass is 586 g/mol. The fourth-order valence-corrected chi connectivity index (χ4v) is 6.25. The Balaban J connectivity index is 1.46. The van der Waals surface area contributed by atoms with Crippen molar-refractivity contribution in [3.63, 3.8) is 0 Å². The molecule has 8 nitrogen and oxygen atoms in total. The number of sulfonamides is 1. The minimum absolute atomic E-state index is 0.0371. The summed E-state index contributed by atoms with van der Waals surface area (Å²) in [5.74, 6) is -1.14. The van der Waals surface area contributed by atoms with Gasteiger partial charge in [0.2, 0.25) is 10.0 Å². The van der Waals surface area contributed by atoms with Gasteiger partial charge in [0, 0.05) is 30.7 Å². The van der Waals surface area contributed by atoms with Gasteiger partial charge in [-0.05, 0) is 45.3 Å². The summed E-state index contributed by atoms with van der Waals surface area (Å²) in [4.78, 5) is 27.5. The van der Waals surface area contributed by atoms with Crippen molar-refractivity contribution in [1.82, 2.24) is 9.21 Å². The summed E-state index contributed by atoms with van der Waals surface area (Å²) in [7, 11) is -3.84. The largest absolute Gasteiger partial charge is 0.452 e. The van der Waals surface area contributed by atoms with Gasteiger partial charge in [0.15, 0.2) is 6.61 Å². The Kier molecular flexibility index (Phi) is 9.09. The van der Waals surface area contributed by atoms with Crippen molar-refractivity contribution in [1.29, 1.82) is 0 Å². The Bertz CT molecular complexity index is 1290. The van der Waals surface area contributed by atoms with Crippen molar-refractivity contribution in [2.45, 2.75) is 18.0 Å². The molecule has 0 bridgehead atoms. The molecule has 194 valence electrons. The van der Waals surface area contributed by atoms with E-state index in [-0.39, 0.29) is 29.5 Å². The first-order valence-electron chi connectivity index (χ1n) is 11.7. The second-order valence-electron chi connectivity index (χ2n) is 8.46. The number of hydrogen-bond acceptors (Lipinski definition) is 6. The van der Waals surface area contributed by atoms with Crippen molar-refractivity contribution < 1.29 is 27.5 Å². The van der Waals surface area contributed by atoms with Gasteiger partial charge in [-0.2, -0.15) is 4.31 Å². The minimum atomic E-state index is -3.84. The molecule has 3 aromatic carbocycles. The Morgan fingerprint density at radius 3 is 2.03 bits per heavy atom. The van der Waals surface area contributed by atoms with Crippen LogP contribution in [0.15, 0.2) is 88.2 Å². The lowest BCUT2D eigenvalue weighted by Crippen LogP contribution is -2.40. The summed E-state index contributed by atoms with van der Waals surface area (Å²) in [5.41, 5.74) is 1.94. The lowest BCUT2D eigenvalue weighted by molar-refractivity contribution is -0.135. The summed E-state index contributed by atoms with van der Waals surface area (Å²) >= 11 is 3.28. The standard InChI is InChI=1S/C27H27BrN2O6S/c28-24-12-11-23(17-25(24)37(33,34)30-13-15-35-16-14-30)27(32)36-20-26(31)29(18-21-7-3-1-4-8-21)19-22-9-5-2-6-10-22/h1-12,17H,13-16,18-20H2. The van der Waals surface area contributed by atoms with Gasteiger partial charge < -0.3 is 14.4 Å². The molecule has 0 aromatic heterocycles. The van der Waals surface area contributed by atoms with Crippen LogP contribution in [-0.2, 0) is 37.4 Å². The molecule has 1 amide bonds. The lowest BCUT2D eigenvalue weighted by atomic mass is 10.1. The molecular formula is C27H27BrN2O6S. The summed E-state index contributed by atoms with van der Waals surface area (Å²) in [6.07, 6.45) is 0. The molecule has 0 N–H and O–H groups in total. The van der Waals surface area contributed by atoms with Crippen LogP contribution in [0.2, 0.25) is 0 Å². The molecule has 0 radical (unpaired) electrons. The van der Waals surface area contributed by atoms with Crippen LogP contribution >= 0.6 is 15.9 Å². The number of esters is 1. The number of benzene rings is 3. The smallest absolute Gasteiger partial charge is 0.338 e. The van der Waals surface area contributed by atoms with E-state index in [4.69, 9.17) is 9.47 Å².